The lowest BCUT2D eigenvalue weighted by atomic mass is 10.2. The van der Waals surface area contributed by atoms with Gasteiger partial charge in [0.2, 0.25) is 0 Å². The standard InChI is InChI=1S/C14H20N2O3S/c1-8(17)11-10(9-6-7-9)15-12(20-11)16(5)13(18)19-14(2,3)4/h9H,6-7H2,1-5H3. The van der Waals surface area contributed by atoms with Crippen molar-refractivity contribution < 1.29 is 14.3 Å². The van der Waals surface area contributed by atoms with Gasteiger partial charge in [-0.25, -0.2) is 9.78 Å². The topological polar surface area (TPSA) is 59.5 Å². The molecule has 0 spiro atoms. The molecule has 0 N–H and O–H groups in total. The number of carbonyl (C=O) groups excluding carboxylic acids is 2. The van der Waals surface area contributed by atoms with Crippen LogP contribution in [0.5, 0.6) is 0 Å². The number of amides is 1. The predicted molar refractivity (Wildman–Crippen MR) is 78.7 cm³/mol. The Morgan fingerprint density at radius 1 is 1.35 bits per heavy atom. The minimum atomic E-state index is -0.550. The van der Waals surface area contributed by atoms with Gasteiger partial charge in [-0.15, -0.1) is 0 Å². The maximum atomic E-state index is 12.0. The van der Waals surface area contributed by atoms with E-state index in [2.05, 4.69) is 4.98 Å². The number of ketones is 1. The van der Waals surface area contributed by atoms with Crippen molar-refractivity contribution in [1.82, 2.24) is 4.98 Å². The predicted octanol–water partition coefficient (Wildman–Crippen LogP) is 3.59. The molecule has 1 heterocycles. The van der Waals surface area contributed by atoms with Gasteiger partial charge in [-0.05, 0) is 33.6 Å². The van der Waals surface area contributed by atoms with E-state index in [1.54, 1.807) is 7.05 Å². The van der Waals surface area contributed by atoms with E-state index < -0.39 is 11.7 Å². The molecular weight excluding hydrogens is 276 g/mol. The zero-order valence-electron chi connectivity index (χ0n) is 12.5. The summed E-state index contributed by atoms with van der Waals surface area (Å²) >= 11 is 1.26. The lowest BCUT2D eigenvalue weighted by Crippen LogP contribution is -2.34. The van der Waals surface area contributed by atoms with E-state index in [0.717, 1.165) is 18.5 Å². The van der Waals surface area contributed by atoms with Crippen LogP contribution in [-0.2, 0) is 4.74 Å². The van der Waals surface area contributed by atoms with Crippen LogP contribution in [0.15, 0.2) is 0 Å². The fraction of sp³-hybridized carbons (Fsp3) is 0.643. The van der Waals surface area contributed by atoms with Crippen molar-refractivity contribution in [1.29, 1.82) is 0 Å². The van der Waals surface area contributed by atoms with Gasteiger partial charge in [0.25, 0.3) is 0 Å². The molecule has 0 aliphatic heterocycles. The third-order valence-electron chi connectivity index (χ3n) is 2.88. The normalized spacial score (nSPS) is 15.1. The van der Waals surface area contributed by atoms with Crippen LogP contribution in [-0.4, -0.2) is 29.5 Å². The molecule has 1 saturated carbocycles. The van der Waals surface area contributed by atoms with Gasteiger partial charge in [-0.3, -0.25) is 9.69 Å². The summed E-state index contributed by atoms with van der Waals surface area (Å²) in [6.45, 7) is 6.99. The molecular formula is C14H20N2O3S. The average molecular weight is 296 g/mol. The quantitative estimate of drug-likeness (QED) is 0.800. The maximum absolute atomic E-state index is 12.0. The van der Waals surface area contributed by atoms with Gasteiger partial charge >= 0.3 is 6.09 Å². The molecule has 1 fully saturated rings. The number of rotatable bonds is 3. The Morgan fingerprint density at radius 2 is 1.95 bits per heavy atom. The summed E-state index contributed by atoms with van der Waals surface area (Å²) in [6, 6.07) is 0. The highest BCUT2D eigenvalue weighted by molar-refractivity contribution is 7.17. The second-order valence-electron chi connectivity index (χ2n) is 6.08. The molecule has 5 nitrogen and oxygen atoms in total. The average Bonchev–Trinajstić information content (AvgIpc) is 3.04. The number of carbonyl (C=O) groups is 2. The summed E-state index contributed by atoms with van der Waals surface area (Å²) in [4.78, 5) is 30.2. The van der Waals surface area contributed by atoms with E-state index in [1.807, 2.05) is 20.8 Å². The van der Waals surface area contributed by atoms with E-state index >= 15 is 0 Å². The van der Waals surface area contributed by atoms with E-state index in [0.29, 0.717) is 15.9 Å². The molecule has 6 heteroatoms. The highest BCUT2D eigenvalue weighted by Crippen LogP contribution is 2.44. The van der Waals surface area contributed by atoms with Crippen LogP contribution in [0.25, 0.3) is 0 Å². The first kappa shape index (κ1) is 15.0. The van der Waals surface area contributed by atoms with Crippen LogP contribution < -0.4 is 4.90 Å². The molecule has 110 valence electrons. The molecule has 20 heavy (non-hydrogen) atoms. The minimum Gasteiger partial charge on any atom is -0.443 e. The molecule has 1 aliphatic carbocycles. The van der Waals surface area contributed by atoms with Gasteiger partial charge in [-0.2, -0.15) is 0 Å². The fourth-order valence-corrected chi connectivity index (χ4v) is 2.76. The van der Waals surface area contributed by atoms with Gasteiger partial charge < -0.3 is 4.74 Å². The van der Waals surface area contributed by atoms with Gasteiger partial charge in [0.05, 0.1) is 10.6 Å². The first-order valence-electron chi connectivity index (χ1n) is 6.67. The molecule has 1 aromatic heterocycles. The highest BCUT2D eigenvalue weighted by Gasteiger charge is 2.32. The molecule has 2 rings (SSSR count). The Hall–Kier alpha value is -1.43. The Kier molecular flexibility index (Phi) is 3.86. The SMILES string of the molecule is CC(=O)c1sc(N(C)C(=O)OC(C)(C)C)nc1C1CC1. The second-order valence-corrected chi connectivity index (χ2v) is 7.06. The van der Waals surface area contributed by atoms with E-state index in [-0.39, 0.29) is 5.78 Å². The molecule has 1 amide bonds. The zero-order valence-corrected chi connectivity index (χ0v) is 13.3. The van der Waals surface area contributed by atoms with Gasteiger partial charge in [0.15, 0.2) is 10.9 Å². The second kappa shape index (κ2) is 5.16. The molecule has 1 aromatic rings. The van der Waals surface area contributed by atoms with Gasteiger partial charge in [0.1, 0.15) is 5.60 Å². The third kappa shape index (κ3) is 3.36. The van der Waals surface area contributed by atoms with Crippen molar-refractivity contribution in [3.63, 3.8) is 0 Å². The molecule has 0 radical (unpaired) electrons. The van der Waals surface area contributed by atoms with Crippen molar-refractivity contribution in [3.05, 3.63) is 10.6 Å². The van der Waals surface area contributed by atoms with E-state index in [9.17, 15) is 9.59 Å². The summed E-state index contributed by atoms with van der Waals surface area (Å²) in [5.74, 6) is 0.388. The Labute approximate surface area is 122 Å². The van der Waals surface area contributed by atoms with E-state index in [4.69, 9.17) is 4.74 Å². The summed E-state index contributed by atoms with van der Waals surface area (Å²) in [7, 11) is 1.62. The maximum Gasteiger partial charge on any atom is 0.416 e. The Morgan fingerprint density at radius 3 is 2.40 bits per heavy atom. The largest absolute Gasteiger partial charge is 0.443 e. The minimum absolute atomic E-state index is 0.00763. The number of nitrogens with zero attached hydrogens (tertiary/aromatic N) is 2. The van der Waals surface area contributed by atoms with Crippen molar-refractivity contribution in [2.24, 2.45) is 0 Å². The molecule has 0 atom stereocenters. The van der Waals surface area contributed by atoms with Gasteiger partial charge in [0, 0.05) is 19.9 Å². The van der Waals surface area contributed by atoms with Crippen LogP contribution in [0, 0.1) is 0 Å². The highest BCUT2D eigenvalue weighted by atomic mass is 32.1. The van der Waals surface area contributed by atoms with Gasteiger partial charge in [-0.1, -0.05) is 11.3 Å². The summed E-state index contributed by atoms with van der Waals surface area (Å²) in [6.07, 6.45) is 1.68. The van der Waals surface area contributed by atoms with Crippen molar-refractivity contribution >= 4 is 28.3 Å². The number of ether oxygens (including phenoxy) is 1. The van der Waals surface area contributed by atoms with E-state index in [1.165, 1.54) is 23.2 Å². The number of Topliss-reactive ketones (excluding diaryl/α,β-unsaturated/α-hetero) is 1. The molecule has 0 saturated heterocycles. The van der Waals surface area contributed by atoms with Crippen molar-refractivity contribution in [2.75, 3.05) is 11.9 Å². The zero-order chi connectivity index (χ0) is 15.1. The molecule has 1 aliphatic rings. The number of thiazole rings is 1. The lowest BCUT2D eigenvalue weighted by molar-refractivity contribution is 0.0589. The monoisotopic (exact) mass is 296 g/mol. The Bertz CT molecular complexity index is 541. The van der Waals surface area contributed by atoms with Crippen LogP contribution >= 0.6 is 11.3 Å². The first-order valence-corrected chi connectivity index (χ1v) is 7.49. The Balaban J connectivity index is 2.22. The van der Waals surface area contributed by atoms with Crippen LogP contribution in [0.3, 0.4) is 0 Å². The molecule has 0 bridgehead atoms. The first-order chi connectivity index (χ1) is 9.19. The third-order valence-corrected chi connectivity index (χ3v) is 4.13. The number of hydrogen-bond donors (Lipinski definition) is 0. The molecule has 0 unspecified atom stereocenters. The number of aromatic nitrogens is 1. The lowest BCUT2D eigenvalue weighted by Gasteiger charge is -2.23. The number of anilines is 1. The number of hydrogen-bond acceptors (Lipinski definition) is 5. The van der Waals surface area contributed by atoms with Crippen LogP contribution in [0.2, 0.25) is 0 Å². The smallest absolute Gasteiger partial charge is 0.416 e. The fourth-order valence-electron chi connectivity index (χ4n) is 1.76. The van der Waals surface area contributed by atoms with Crippen LogP contribution in [0.4, 0.5) is 9.93 Å². The van der Waals surface area contributed by atoms with Crippen molar-refractivity contribution in [2.45, 2.75) is 52.1 Å². The molecule has 0 aromatic carbocycles. The van der Waals surface area contributed by atoms with Crippen molar-refractivity contribution in [3.8, 4) is 0 Å². The van der Waals surface area contributed by atoms with Crippen LogP contribution in [0.1, 0.15) is 61.8 Å². The summed E-state index contributed by atoms with van der Waals surface area (Å²) in [5, 5.41) is 0.520. The summed E-state index contributed by atoms with van der Waals surface area (Å²) in [5.41, 5.74) is 0.290. The summed E-state index contributed by atoms with van der Waals surface area (Å²) < 4.78 is 5.31.